The van der Waals surface area contributed by atoms with Crippen LogP contribution in [-0.4, -0.2) is 211 Å². The number of thiazole rings is 12. The van der Waals surface area contributed by atoms with Gasteiger partial charge in [0.25, 0.3) is 10.4 Å². The molecule has 13 aromatic heterocycles. The molecule has 0 radical (unpaired) electrons. The molecule has 25 nitrogen and oxygen atoms in total. The van der Waals surface area contributed by atoms with Crippen molar-refractivity contribution in [2.75, 3.05) is 131 Å². The van der Waals surface area contributed by atoms with Crippen molar-refractivity contribution in [1.82, 2.24) is 89.4 Å². The Morgan fingerprint density at radius 2 is 0.746 bits per heavy atom. The number of nitrogens with one attached hydrogen (secondary N) is 1. The number of nitrogens with two attached hydrogens (primary N) is 1. The second-order valence-corrected chi connectivity index (χ2v) is 58.4. The number of anilines is 2. The third-order valence-corrected chi connectivity index (χ3v) is 33.7. The van der Waals surface area contributed by atoms with Crippen molar-refractivity contribution >= 4 is 417 Å². The van der Waals surface area contributed by atoms with Gasteiger partial charge in [-0.3, -0.25) is 19.4 Å². The molecule has 4 N–H and O–H groups in total. The minimum absolute atomic E-state index is 0. The Morgan fingerprint density at radius 3 is 0.979 bits per heavy atom. The fraction of sp³-hybridized carbons (Fsp3) is 0.393. The smallest absolute Gasteiger partial charge is 1.00 e. The molecule has 17 rings (SSSR count). The van der Waals surface area contributed by atoms with E-state index >= 15 is 0 Å². The predicted molar refractivity (Wildman–Crippen MR) is 669 cm³/mol. The minimum atomic E-state index is 0. The number of piperidine rings is 1. The van der Waals surface area contributed by atoms with Gasteiger partial charge in [-0.1, -0.05) is 189 Å². The minimum Gasteiger partial charge on any atom is -1.00 e. The number of likely N-dealkylation sites (tertiary alicyclic amines) is 1. The average Bonchev–Trinajstić information content (AvgIpc) is 1.75. The van der Waals surface area contributed by atoms with Gasteiger partial charge in [0, 0.05) is 90.5 Å². The Hall–Kier alpha value is 4.29. The first-order chi connectivity index (χ1) is 63.5. The van der Waals surface area contributed by atoms with E-state index in [9.17, 15) is 0 Å². The quantitative estimate of drug-likeness (QED) is 0.0804. The van der Waals surface area contributed by atoms with Crippen LogP contribution in [0.2, 0.25) is 0 Å². The van der Waals surface area contributed by atoms with Crippen LogP contribution in [-0.2, 0) is 13.1 Å². The zero-order chi connectivity index (χ0) is 98.2. The number of imidazole rings is 1. The van der Waals surface area contributed by atoms with Gasteiger partial charge in [-0.2, -0.15) is 7.11 Å². The van der Waals surface area contributed by atoms with E-state index in [1.165, 1.54) is 73.2 Å². The predicted octanol–water partition coefficient (Wildman–Crippen LogP) is 22.6. The maximum atomic E-state index is 8.25. The fourth-order valence-corrected chi connectivity index (χ4v) is 27.6. The summed E-state index contributed by atoms with van der Waals surface area (Å²) in [6, 6.07) is 21.5. The fourth-order valence-electron chi connectivity index (χ4n) is 8.51. The molecule has 0 spiro atoms. The largest absolute Gasteiger partial charge is 1.00 e. The maximum absolute atomic E-state index is 8.25. The topological polar surface area (TPSA) is 288 Å². The van der Waals surface area contributed by atoms with Gasteiger partial charge in [-0.05, 0) is 349 Å². The van der Waals surface area contributed by atoms with Crippen LogP contribution in [0.25, 0.3) is 5.13 Å². The third kappa shape index (κ3) is 89.2. The van der Waals surface area contributed by atoms with Gasteiger partial charge in [0.2, 0.25) is 0 Å². The van der Waals surface area contributed by atoms with Gasteiger partial charge in [-0.25, -0.2) is 59.8 Å². The summed E-state index contributed by atoms with van der Waals surface area (Å²) in [5.41, 5.74) is 9.14. The van der Waals surface area contributed by atoms with Crippen LogP contribution in [0.15, 0.2) is 230 Å². The van der Waals surface area contributed by atoms with Crippen molar-refractivity contribution in [2.45, 2.75) is 104 Å². The molecular formula is C84H122Br17N21Na4O4S12. The van der Waals surface area contributed by atoms with Gasteiger partial charge in [0.1, 0.15) is 12.9 Å². The number of hydrogen-bond acceptors (Lipinski definition) is 36. The number of nitrogens with zero attached hydrogens (tertiary/aromatic N) is 19. The Morgan fingerprint density at radius 1 is 0.423 bits per heavy atom. The maximum Gasteiger partial charge on any atom is 1.00 e. The number of hydrogen-bond donors (Lipinski definition) is 3. The number of piperazine rings is 1. The van der Waals surface area contributed by atoms with E-state index in [4.69, 9.17) is 19.7 Å². The van der Waals surface area contributed by atoms with Crippen molar-refractivity contribution in [3.05, 3.63) is 241 Å². The van der Waals surface area contributed by atoms with E-state index < -0.39 is 0 Å². The summed E-state index contributed by atoms with van der Waals surface area (Å²) in [4.78, 5) is 63.5. The molecule has 142 heavy (non-hydrogen) atoms. The summed E-state index contributed by atoms with van der Waals surface area (Å²) < 4.78 is 29.2. The summed E-state index contributed by atoms with van der Waals surface area (Å²) in [7, 11) is 11.6. The zero-order valence-corrected chi connectivity index (χ0v) is 121. The molecule has 0 bridgehead atoms. The van der Waals surface area contributed by atoms with Gasteiger partial charge in [-0.15, -0.1) is 79.4 Å². The van der Waals surface area contributed by atoms with E-state index in [2.05, 4.69) is 441 Å². The van der Waals surface area contributed by atoms with E-state index in [0.717, 1.165) is 158 Å². The molecule has 15 aromatic rings. The second-order valence-electron chi connectivity index (χ2n) is 23.6. The number of aromatic nitrogens is 14. The van der Waals surface area contributed by atoms with Crippen molar-refractivity contribution in [2.24, 2.45) is 5.73 Å². The van der Waals surface area contributed by atoms with Crippen molar-refractivity contribution in [3.8, 4) is 15.5 Å². The molecule has 2 aromatic carbocycles. The number of halogens is 17. The van der Waals surface area contributed by atoms with Crippen LogP contribution >= 0.6 is 407 Å². The van der Waals surface area contributed by atoms with Crippen LogP contribution in [0.1, 0.15) is 106 Å². The van der Waals surface area contributed by atoms with Crippen LogP contribution in [0.4, 0.5) is 10.3 Å². The van der Waals surface area contributed by atoms with Crippen LogP contribution < -0.4 is 154 Å². The summed E-state index contributed by atoms with van der Waals surface area (Å²) in [5, 5.41) is 25.3. The Balaban J connectivity index is -0.000000118. The number of rotatable bonds is 15. The normalized spacial score (nSPS) is 10.5. The zero-order valence-electron chi connectivity index (χ0n) is 79.2. The van der Waals surface area contributed by atoms with Crippen molar-refractivity contribution < 1.29 is 142 Å². The molecule has 0 unspecified atom stereocenters. The van der Waals surface area contributed by atoms with Crippen LogP contribution in [0.3, 0.4) is 0 Å². The SMILES string of the molecule is Brc1cnc(-n2ccnc2)s1.Brc1cnc(Br)s1.Brc1cnc(Br)s1.Brc1cnc(Br)s1.Brc1cnc(Br)s1.Brc1cnc(Br)s1.Brc1cnc(Br)s1.Brc1cnc(N2CCN(Cc3ccccc3)CC2)s1.C.C.C.C.C.C.CCCO.CCN(CC)CCOc1ncc(Br)s1.CN.CN(C)c1ncc(Br)s1.CNC.COc1ncc(Br)s1.C[O-].[H-].[H-].[H-].[Na+].[Na+].[Na+].[Na+].c1ccc(CN2CCCCC2)cc1.c1cscn1. The summed E-state index contributed by atoms with van der Waals surface area (Å²) >= 11 is 74.4. The van der Waals surface area contributed by atoms with Gasteiger partial charge in [0.05, 0.1) is 122 Å². The molecule has 2 saturated heterocycles. The van der Waals surface area contributed by atoms with Crippen LogP contribution in [0, 0.1) is 0 Å². The molecule has 58 heteroatoms. The number of aliphatic hydroxyl groups is 1. The molecule has 0 aliphatic carbocycles. The van der Waals surface area contributed by atoms with E-state index in [1.807, 2.05) is 62.4 Å². The molecular weight excluding hydrogens is 3200 g/mol. The second kappa shape index (κ2) is 109. The molecule has 0 saturated carbocycles. The Kier molecular flexibility index (Phi) is 128. The van der Waals surface area contributed by atoms with E-state index in [0.29, 0.717) is 18.4 Å². The monoisotopic (exact) mass is 3310 g/mol. The standard InChI is InChI=1S/C14H16BrN3S.C12H17N.C9H15BrN2OS.C6H4BrN3S.C5H7BrN2S.C4H4BrNOS.6C3HBr2NS.C3H3NS.C3H8O.C2H7N.CH5N.CH3O.6CH4.4Na.3H/c15-13-10-16-14(19-13)18-8-6-17(7-9-18)11-12-4-2-1-3-5-12;1-3-7-12(8-4-1)11-13-9-5-2-6-10-13;1-3-12(4-2)5-6-13-9-11-7-8(10)14-9;7-5-3-9-6(11-5)10-2-1-8-4-10;1-8(2)5-7-3-4(6)9-5;1-7-4-6-2-3(5)8-4;6*4-2-1-6-3(5)7-2;1-2-5-3-4-1;1-2-3-4;1-3-2;2*1-2;;;;;;;;;;;;;/h1-5,10H,6-9,11H2;1,3-4,7-8H,2,5-6,9-11H2;7H,3-6H2,1-2H3;1-4H;3H,1-2H3;2H,1H3;6*1H;1-3H;4H,2-3H2,1H3;3H,1-2H3;2H2,1H3;1H3;6*1H4;;;;;;;/q;;;;;;;;;;;;;;;;-1;;;;;;;4*+1;3*-1. The van der Waals surface area contributed by atoms with Crippen molar-refractivity contribution in [3.63, 3.8) is 0 Å². The Bertz CT molecular complexity index is 4760. The molecule has 2 aliphatic rings. The first-order valence-electron chi connectivity index (χ1n) is 38.0. The molecule has 782 valence electrons. The number of aliphatic hydroxyl groups excluding tert-OH is 1. The molecule has 0 amide bonds. The summed E-state index contributed by atoms with van der Waals surface area (Å²) in [5.74, 6) is 0. The Labute approximate surface area is 1130 Å². The molecule has 2 aliphatic heterocycles. The van der Waals surface area contributed by atoms with Gasteiger partial charge >= 0.3 is 118 Å². The van der Waals surface area contributed by atoms with Gasteiger partial charge < -0.3 is 49.7 Å². The average molecular weight is 3330 g/mol. The number of ether oxygens (including phenoxy) is 2. The van der Waals surface area contributed by atoms with Crippen molar-refractivity contribution in [1.29, 1.82) is 0 Å². The molecule has 15 heterocycles. The molecule has 2 fully saturated rings. The van der Waals surface area contributed by atoms with Crippen LogP contribution in [0.5, 0.6) is 10.4 Å². The van der Waals surface area contributed by atoms with Gasteiger partial charge in [0.15, 0.2) is 38.9 Å². The molecule has 0 atom stereocenters. The number of methoxy groups -OCH3 is 1. The summed E-state index contributed by atoms with van der Waals surface area (Å²) in [6.45, 7) is 19.5. The number of benzene rings is 2. The van der Waals surface area contributed by atoms with E-state index in [1.54, 1.807) is 207 Å². The first kappa shape index (κ1) is 166. The summed E-state index contributed by atoms with van der Waals surface area (Å²) in [6.07, 6.45) is 31.6. The third-order valence-electron chi connectivity index (χ3n) is 14.0. The first-order valence-corrected chi connectivity index (χ1v) is 61.4. The number of likely N-dealkylation sites (N-methyl/N-ethyl adjacent to an activating group) is 1. The van der Waals surface area contributed by atoms with E-state index in [-0.39, 0.29) is 167 Å².